The Labute approximate surface area is 123 Å². The molecule has 0 saturated heterocycles. The molecule has 108 valence electrons. The second kappa shape index (κ2) is 6.37. The Morgan fingerprint density at radius 1 is 1.40 bits per heavy atom. The second-order valence-corrected chi connectivity index (χ2v) is 5.51. The summed E-state index contributed by atoms with van der Waals surface area (Å²) in [6.07, 6.45) is 1.85. The van der Waals surface area contributed by atoms with Gasteiger partial charge < -0.3 is 9.88 Å². The van der Waals surface area contributed by atoms with Crippen LogP contribution in [0, 0.1) is 12.7 Å². The van der Waals surface area contributed by atoms with Crippen LogP contribution < -0.4 is 5.32 Å². The number of rotatable bonds is 5. The first-order valence-electron chi connectivity index (χ1n) is 6.66. The summed E-state index contributed by atoms with van der Waals surface area (Å²) >= 11 is 6.02. The molecule has 3 nitrogen and oxygen atoms in total. The number of halogens is 2. The van der Waals surface area contributed by atoms with Crippen molar-refractivity contribution in [2.45, 2.75) is 39.9 Å². The Morgan fingerprint density at radius 3 is 2.85 bits per heavy atom. The summed E-state index contributed by atoms with van der Waals surface area (Å²) in [6.45, 7) is 7.38. The standard InChI is InChI=1S/C15H19ClFN3/c1-10(2)18-7-13-8-19-11(3)20(13)9-12-5-4-6-14(17)15(12)16/h4-6,8,10,18H,7,9H2,1-3H3. The monoisotopic (exact) mass is 295 g/mol. The minimum absolute atomic E-state index is 0.184. The molecule has 2 rings (SSSR count). The Bertz CT molecular complexity index is 593. The summed E-state index contributed by atoms with van der Waals surface area (Å²) in [7, 11) is 0. The van der Waals surface area contributed by atoms with E-state index in [0.717, 1.165) is 23.6 Å². The summed E-state index contributed by atoms with van der Waals surface area (Å²) < 4.78 is 15.5. The van der Waals surface area contributed by atoms with Gasteiger partial charge in [-0.1, -0.05) is 37.6 Å². The van der Waals surface area contributed by atoms with Gasteiger partial charge in [-0.2, -0.15) is 0 Å². The van der Waals surface area contributed by atoms with Gasteiger partial charge in [-0.05, 0) is 18.6 Å². The van der Waals surface area contributed by atoms with E-state index in [-0.39, 0.29) is 10.8 Å². The van der Waals surface area contributed by atoms with E-state index in [9.17, 15) is 4.39 Å². The van der Waals surface area contributed by atoms with Crippen molar-refractivity contribution in [2.24, 2.45) is 0 Å². The van der Waals surface area contributed by atoms with E-state index in [1.54, 1.807) is 6.07 Å². The smallest absolute Gasteiger partial charge is 0.142 e. The molecule has 0 radical (unpaired) electrons. The van der Waals surface area contributed by atoms with Crippen molar-refractivity contribution < 1.29 is 4.39 Å². The lowest BCUT2D eigenvalue weighted by Gasteiger charge is -2.14. The first-order chi connectivity index (χ1) is 9.49. The van der Waals surface area contributed by atoms with Crippen molar-refractivity contribution in [2.75, 3.05) is 0 Å². The maximum atomic E-state index is 13.5. The average molecular weight is 296 g/mol. The summed E-state index contributed by atoms with van der Waals surface area (Å²) in [6, 6.07) is 5.28. The summed E-state index contributed by atoms with van der Waals surface area (Å²) in [5, 5.41) is 3.54. The lowest BCUT2D eigenvalue weighted by Crippen LogP contribution is -2.23. The van der Waals surface area contributed by atoms with Gasteiger partial charge in [0.05, 0.1) is 17.3 Å². The first kappa shape index (κ1) is 15.0. The molecule has 1 N–H and O–H groups in total. The van der Waals surface area contributed by atoms with E-state index < -0.39 is 0 Å². The van der Waals surface area contributed by atoms with Crippen LogP contribution in [0.4, 0.5) is 4.39 Å². The molecule has 0 atom stereocenters. The molecule has 2 aromatic rings. The predicted octanol–water partition coefficient (Wildman–Crippen LogP) is 3.53. The van der Waals surface area contributed by atoms with E-state index >= 15 is 0 Å². The third kappa shape index (κ3) is 3.38. The number of hydrogen-bond acceptors (Lipinski definition) is 2. The predicted molar refractivity (Wildman–Crippen MR) is 79.5 cm³/mol. The lowest BCUT2D eigenvalue weighted by atomic mass is 10.2. The molecule has 0 aliphatic carbocycles. The van der Waals surface area contributed by atoms with E-state index in [1.807, 2.05) is 19.2 Å². The fraction of sp³-hybridized carbons (Fsp3) is 0.400. The fourth-order valence-corrected chi connectivity index (χ4v) is 2.21. The SMILES string of the molecule is Cc1ncc(CNC(C)C)n1Cc1cccc(F)c1Cl. The van der Waals surface area contributed by atoms with Gasteiger partial charge in [0, 0.05) is 18.8 Å². The van der Waals surface area contributed by atoms with Gasteiger partial charge in [-0.15, -0.1) is 0 Å². The zero-order chi connectivity index (χ0) is 14.7. The molecule has 1 aromatic carbocycles. The van der Waals surface area contributed by atoms with Crippen LogP contribution in [-0.2, 0) is 13.1 Å². The van der Waals surface area contributed by atoms with Crippen LogP contribution in [0.2, 0.25) is 5.02 Å². The third-order valence-electron chi connectivity index (χ3n) is 3.19. The van der Waals surface area contributed by atoms with Crippen molar-refractivity contribution >= 4 is 11.6 Å². The Kier molecular flexibility index (Phi) is 4.78. The maximum Gasteiger partial charge on any atom is 0.142 e. The van der Waals surface area contributed by atoms with E-state index in [0.29, 0.717) is 12.6 Å². The van der Waals surface area contributed by atoms with Gasteiger partial charge >= 0.3 is 0 Å². The molecule has 5 heteroatoms. The molecule has 0 amide bonds. The minimum atomic E-state index is -0.385. The highest BCUT2D eigenvalue weighted by Crippen LogP contribution is 2.21. The number of nitrogens with zero attached hydrogens (tertiary/aromatic N) is 2. The zero-order valence-corrected chi connectivity index (χ0v) is 12.7. The molecule has 0 aliphatic heterocycles. The normalized spacial score (nSPS) is 11.3. The van der Waals surface area contributed by atoms with Gasteiger partial charge in [-0.3, -0.25) is 0 Å². The van der Waals surface area contributed by atoms with E-state index in [4.69, 9.17) is 11.6 Å². The number of imidazole rings is 1. The number of hydrogen-bond donors (Lipinski definition) is 1. The molecule has 0 spiro atoms. The number of aromatic nitrogens is 2. The summed E-state index contributed by atoms with van der Waals surface area (Å²) in [4.78, 5) is 4.33. The third-order valence-corrected chi connectivity index (χ3v) is 3.61. The first-order valence-corrected chi connectivity index (χ1v) is 7.04. The van der Waals surface area contributed by atoms with Crippen molar-refractivity contribution in [1.82, 2.24) is 14.9 Å². The van der Waals surface area contributed by atoms with Gasteiger partial charge in [-0.25, -0.2) is 9.37 Å². The zero-order valence-electron chi connectivity index (χ0n) is 12.0. The number of aryl methyl sites for hydroxylation is 1. The minimum Gasteiger partial charge on any atom is -0.327 e. The molecule has 1 heterocycles. The van der Waals surface area contributed by atoms with Crippen LogP contribution in [0.25, 0.3) is 0 Å². The fourth-order valence-electron chi connectivity index (χ4n) is 2.02. The molecule has 0 unspecified atom stereocenters. The number of nitrogens with one attached hydrogen (secondary N) is 1. The van der Waals surface area contributed by atoms with Crippen LogP contribution in [-0.4, -0.2) is 15.6 Å². The Morgan fingerprint density at radius 2 is 2.15 bits per heavy atom. The van der Waals surface area contributed by atoms with E-state index in [2.05, 4.69) is 28.7 Å². The van der Waals surface area contributed by atoms with Gasteiger partial charge in [0.25, 0.3) is 0 Å². The van der Waals surface area contributed by atoms with Crippen LogP contribution in [0.15, 0.2) is 24.4 Å². The molecule has 1 aromatic heterocycles. The second-order valence-electron chi connectivity index (χ2n) is 5.13. The van der Waals surface area contributed by atoms with Gasteiger partial charge in [0.1, 0.15) is 11.6 Å². The molecule has 0 fully saturated rings. The van der Waals surface area contributed by atoms with Crippen molar-refractivity contribution in [1.29, 1.82) is 0 Å². The lowest BCUT2D eigenvalue weighted by molar-refractivity contribution is 0.561. The Hall–Kier alpha value is -1.39. The largest absolute Gasteiger partial charge is 0.327 e. The van der Waals surface area contributed by atoms with Crippen LogP contribution in [0.3, 0.4) is 0 Å². The molecular formula is C15H19ClFN3. The molecule has 0 saturated carbocycles. The summed E-state index contributed by atoms with van der Waals surface area (Å²) in [5.74, 6) is 0.509. The maximum absolute atomic E-state index is 13.5. The molecule has 0 aliphatic rings. The van der Waals surface area contributed by atoms with Gasteiger partial charge in [0.15, 0.2) is 0 Å². The highest BCUT2D eigenvalue weighted by Gasteiger charge is 2.11. The van der Waals surface area contributed by atoms with Crippen molar-refractivity contribution in [3.8, 4) is 0 Å². The van der Waals surface area contributed by atoms with Crippen molar-refractivity contribution in [3.05, 3.63) is 52.3 Å². The summed E-state index contributed by atoms with van der Waals surface area (Å²) in [5.41, 5.74) is 1.83. The van der Waals surface area contributed by atoms with Crippen LogP contribution in [0.1, 0.15) is 30.9 Å². The molecule has 20 heavy (non-hydrogen) atoms. The molecular weight excluding hydrogens is 277 g/mol. The van der Waals surface area contributed by atoms with E-state index in [1.165, 1.54) is 6.07 Å². The average Bonchev–Trinajstić information content (AvgIpc) is 2.74. The highest BCUT2D eigenvalue weighted by atomic mass is 35.5. The number of benzene rings is 1. The van der Waals surface area contributed by atoms with Crippen LogP contribution in [0.5, 0.6) is 0 Å². The molecule has 0 bridgehead atoms. The van der Waals surface area contributed by atoms with Gasteiger partial charge in [0.2, 0.25) is 0 Å². The van der Waals surface area contributed by atoms with Crippen molar-refractivity contribution in [3.63, 3.8) is 0 Å². The highest BCUT2D eigenvalue weighted by molar-refractivity contribution is 6.31. The Balaban J connectivity index is 2.24. The van der Waals surface area contributed by atoms with Crippen LogP contribution >= 0.6 is 11.6 Å². The topological polar surface area (TPSA) is 29.9 Å². The quantitative estimate of drug-likeness (QED) is 0.914.